The molecular formula is C22H25N7O5. The Bertz CT molecular complexity index is 1330. The van der Waals surface area contributed by atoms with Crippen LogP contribution in [0.1, 0.15) is 38.1 Å². The summed E-state index contributed by atoms with van der Waals surface area (Å²) in [6, 6.07) is 4.57. The van der Waals surface area contributed by atoms with Crippen molar-refractivity contribution in [1.82, 2.24) is 34.3 Å². The minimum absolute atomic E-state index is 0.0749. The SMILES string of the molecule is Cn1c(=O)n(C2CCC(=O)NC2=O)c2cccc(-c3cn(COC(=O)N4CCCCC4)nn3)c21. The molecule has 0 bridgehead atoms. The molecule has 1 aromatic carbocycles. The third-order valence-electron chi connectivity index (χ3n) is 6.37. The zero-order valence-electron chi connectivity index (χ0n) is 18.8. The molecule has 1 N–H and O–H groups in total. The number of para-hydroxylation sites is 1. The largest absolute Gasteiger partial charge is 0.426 e. The predicted octanol–water partition coefficient (Wildman–Crippen LogP) is 1.16. The van der Waals surface area contributed by atoms with Gasteiger partial charge in [-0.2, -0.15) is 0 Å². The van der Waals surface area contributed by atoms with Gasteiger partial charge >= 0.3 is 11.8 Å². The number of aryl methyl sites for hydroxylation is 1. The van der Waals surface area contributed by atoms with Crippen LogP contribution < -0.4 is 11.0 Å². The van der Waals surface area contributed by atoms with Crippen LogP contribution in [-0.4, -0.2) is 60.0 Å². The summed E-state index contributed by atoms with van der Waals surface area (Å²) in [5.41, 5.74) is 1.94. The Labute approximate surface area is 194 Å². The van der Waals surface area contributed by atoms with E-state index in [1.807, 2.05) is 6.07 Å². The fraction of sp³-hybridized carbons (Fsp3) is 0.455. The molecule has 0 aliphatic carbocycles. The van der Waals surface area contributed by atoms with Crippen LogP contribution in [0.2, 0.25) is 0 Å². The van der Waals surface area contributed by atoms with Crippen molar-refractivity contribution >= 4 is 28.9 Å². The van der Waals surface area contributed by atoms with Gasteiger partial charge in [0.2, 0.25) is 11.8 Å². The summed E-state index contributed by atoms with van der Waals surface area (Å²) in [5.74, 6) is -0.828. The molecule has 2 aliphatic heterocycles. The molecule has 12 nitrogen and oxygen atoms in total. The molecule has 3 amide bonds. The van der Waals surface area contributed by atoms with Crippen molar-refractivity contribution in [3.63, 3.8) is 0 Å². The first kappa shape index (κ1) is 21.9. The van der Waals surface area contributed by atoms with Crippen molar-refractivity contribution in [2.45, 2.75) is 44.9 Å². The Balaban J connectivity index is 1.42. The van der Waals surface area contributed by atoms with E-state index in [-0.39, 0.29) is 37.3 Å². The minimum atomic E-state index is -0.769. The number of imide groups is 1. The number of hydrogen-bond acceptors (Lipinski definition) is 7. The number of aromatic nitrogens is 5. The maximum atomic E-state index is 13.1. The molecular weight excluding hydrogens is 442 g/mol. The van der Waals surface area contributed by atoms with Crippen LogP contribution in [0.5, 0.6) is 0 Å². The number of fused-ring (bicyclic) bond motifs is 1. The lowest BCUT2D eigenvalue weighted by Crippen LogP contribution is -2.44. The normalized spacial score (nSPS) is 18.9. The maximum absolute atomic E-state index is 13.1. The number of nitrogens with zero attached hydrogens (tertiary/aromatic N) is 6. The molecule has 2 fully saturated rings. The van der Waals surface area contributed by atoms with Crippen molar-refractivity contribution in [2.75, 3.05) is 13.1 Å². The lowest BCUT2D eigenvalue weighted by Gasteiger charge is -2.25. The number of hydrogen-bond donors (Lipinski definition) is 1. The predicted molar refractivity (Wildman–Crippen MR) is 120 cm³/mol. The van der Waals surface area contributed by atoms with Crippen LogP contribution in [0.3, 0.4) is 0 Å². The van der Waals surface area contributed by atoms with E-state index in [4.69, 9.17) is 4.74 Å². The first-order valence-corrected chi connectivity index (χ1v) is 11.3. The van der Waals surface area contributed by atoms with Gasteiger partial charge in [-0.15, -0.1) is 5.10 Å². The van der Waals surface area contributed by atoms with Crippen molar-refractivity contribution in [3.05, 3.63) is 34.9 Å². The molecule has 0 radical (unpaired) electrons. The maximum Gasteiger partial charge on any atom is 0.411 e. The van der Waals surface area contributed by atoms with Crippen LogP contribution in [0, 0.1) is 0 Å². The number of piperidine rings is 2. The molecule has 4 heterocycles. The number of benzene rings is 1. The van der Waals surface area contributed by atoms with Crippen LogP contribution in [-0.2, 0) is 28.1 Å². The lowest BCUT2D eigenvalue weighted by molar-refractivity contribution is -0.135. The molecule has 1 atom stereocenters. The highest BCUT2D eigenvalue weighted by atomic mass is 16.6. The highest BCUT2D eigenvalue weighted by molar-refractivity contribution is 6.00. The monoisotopic (exact) mass is 467 g/mol. The fourth-order valence-corrected chi connectivity index (χ4v) is 4.65. The van der Waals surface area contributed by atoms with Gasteiger partial charge < -0.3 is 9.64 Å². The summed E-state index contributed by atoms with van der Waals surface area (Å²) in [4.78, 5) is 51.0. The van der Waals surface area contributed by atoms with E-state index in [1.165, 1.54) is 13.8 Å². The molecule has 178 valence electrons. The highest BCUT2D eigenvalue weighted by Crippen LogP contribution is 2.29. The van der Waals surface area contributed by atoms with Crippen LogP contribution in [0.4, 0.5) is 4.79 Å². The molecule has 3 aromatic rings. The van der Waals surface area contributed by atoms with Crippen molar-refractivity contribution in [3.8, 4) is 11.3 Å². The van der Waals surface area contributed by atoms with E-state index in [2.05, 4.69) is 15.6 Å². The smallest absolute Gasteiger partial charge is 0.411 e. The minimum Gasteiger partial charge on any atom is -0.426 e. The van der Waals surface area contributed by atoms with Crippen molar-refractivity contribution < 1.29 is 19.1 Å². The summed E-state index contributed by atoms with van der Waals surface area (Å²) in [7, 11) is 1.63. The summed E-state index contributed by atoms with van der Waals surface area (Å²) in [5, 5.41) is 10.6. The molecule has 0 saturated carbocycles. The molecule has 5 rings (SSSR count). The number of carbonyl (C=O) groups excluding carboxylic acids is 3. The van der Waals surface area contributed by atoms with Gasteiger partial charge in [0.15, 0.2) is 6.73 Å². The highest BCUT2D eigenvalue weighted by Gasteiger charge is 2.32. The zero-order valence-corrected chi connectivity index (χ0v) is 18.8. The summed E-state index contributed by atoms with van der Waals surface area (Å²) < 4.78 is 9.67. The summed E-state index contributed by atoms with van der Waals surface area (Å²) in [6.45, 7) is 1.32. The first-order valence-electron chi connectivity index (χ1n) is 11.3. The average Bonchev–Trinajstić information content (AvgIpc) is 3.41. The second-order valence-electron chi connectivity index (χ2n) is 8.58. The average molecular weight is 467 g/mol. The quantitative estimate of drug-likeness (QED) is 0.569. The summed E-state index contributed by atoms with van der Waals surface area (Å²) in [6.07, 6.45) is 4.77. The lowest BCUT2D eigenvalue weighted by atomic mass is 10.1. The Hall–Kier alpha value is -3.96. The first-order chi connectivity index (χ1) is 16.4. The Morgan fingerprint density at radius 3 is 2.74 bits per heavy atom. The van der Waals surface area contributed by atoms with Gasteiger partial charge in [0.1, 0.15) is 11.7 Å². The summed E-state index contributed by atoms with van der Waals surface area (Å²) >= 11 is 0. The van der Waals surface area contributed by atoms with E-state index >= 15 is 0 Å². The third kappa shape index (κ3) is 3.84. The number of ether oxygens (including phenoxy) is 1. The van der Waals surface area contributed by atoms with Crippen LogP contribution in [0.25, 0.3) is 22.3 Å². The van der Waals surface area contributed by atoms with Crippen molar-refractivity contribution in [1.29, 1.82) is 0 Å². The molecule has 34 heavy (non-hydrogen) atoms. The van der Waals surface area contributed by atoms with Gasteiger partial charge in [-0.3, -0.25) is 24.0 Å². The number of amides is 3. The van der Waals surface area contributed by atoms with Crippen molar-refractivity contribution in [2.24, 2.45) is 7.05 Å². The molecule has 2 aliphatic rings. The van der Waals surface area contributed by atoms with Gasteiger partial charge in [0, 0.05) is 32.1 Å². The Kier molecular flexibility index (Phi) is 5.64. The van der Waals surface area contributed by atoms with E-state index < -0.39 is 11.9 Å². The second-order valence-corrected chi connectivity index (χ2v) is 8.58. The van der Waals surface area contributed by atoms with Crippen LogP contribution >= 0.6 is 0 Å². The molecule has 2 aromatic heterocycles. The second kappa shape index (κ2) is 8.76. The number of nitrogens with one attached hydrogen (secondary N) is 1. The third-order valence-corrected chi connectivity index (χ3v) is 6.37. The van der Waals surface area contributed by atoms with E-state index in [0.29, 0.717) is 35.4 Å². The van der Waals surface area contributed by atoms with Gasteiger partial charge in [0.25, 0.3) is 0 Å². The van der Waals surface area contributed by atoms with E-state index in [1.54, 1.807) is 30.3 Å². The molecule has 0 spiro atoms. The zero-order chi connectivity index (χ0) is 23.8. The van der Waals surface area contributed by atoms with Gasteiger partial charge in [-0.25, -0.2) is 14.3 Å². The standard InChI is InChI=1S/C22H25N7O5/c1-26-19-14(15-12-28(25-24-15)13-34-22(33)27-10-3-2-4-11-27)6-5-7-16(19)29(21(26)32)17-8-9-18(30)23-20(17)31/h5-7,12,17H,2-4,8-11,13H2,1H3,(H,23,30,31). The number of imidazole rings is 1. The number of likely N-dealkylation sites (tertiary alicyclic amines) is 1. The number of rotatable bonds is 4. The topological polar surface area (TPSA) is 133 Å². The van der Waals surface area contributed by atoms with Crippen LogP contribution in [0.15, 0.2) is 29.2 Å². The van der Waals surface area contributed by atoms with Gasteiger partial charge in [-0.1, -0.05) is 17.3 Å². The fourth-order valence-electron chi connectivity index (χ4n) is 4.65. The molecule has 12 heteroatoms. The Morgan fingerprint density at radius 1 is 1.18 bits per heavy atom. The van der Waals surface area contributed by atoms with Gasteiger partial charge in [0.05, 0.1) is 17.2 Å². The Morgan fingerprint density at radius 2 is 1.97 bits per heavy atom. The van der Waals surface area contributed by atoms with E-state index in [9.17, 15) is 19.2 Å². The van der Waals surface area contributed by atoms with E-state index in [0.717, 1.165) is 19.3 Å². The van der Waals surface area contributed by atoms with Gasteiger partial charge in [-0.05, 0) is 31.7 Å². The number of carbonyl (C=O) groups is 3. The molecule has 2 saturated heterocycles. The molecule has 1 unspecified atom stereocenters.